The lowest BCUT2D eigenvalue weighted by atomic mass is 9.92. The van der Waals surface area contributed by atoms with Gasteiger partial charge in [0.1, 0.15) is 12.2 Å². The van der Waals surface area contributed by atoms with E-state index in [-0.39, 0.29) is 23.6 Å². The van der Waals surface area contributed by atoms with Gasteiger partial charge in [0.05, 0.1) is 19.8 Å². The lowest BCUT2D eigenvalue weighted by molar-refractivity contribution is -0.163. The van der Waals surface area contributed by atoms with Crippen molar-refractivity contribution >= 4 is 5.97 Å². The highest BCUT2D eigenvalue weighted by Gasteiger charge is 2.32. The summed E-state index contributed by atoms with van der Waals surface area (Å²) in [5.41, 5.74) is -0.0575. The van der Waals surface area contributed by atoms with Crippen LogP contribution < -0.4 is 0 Å². The molecule has 1 aliphatic carbocycles. The summed E-state index contributed by atoms with van der Waals surface area (Å²) >= 11 is 0. The number of ether oxygens (including phenoxy) is 3. The lowest BCUT2D eigenvalue weighted by Crippen LogP contribution is -2.30. The van der Waals surface area contributed by atoms with Crippen LogP contribution in [0.1, 0.15) is 59.8 Å². The molecule has 1 saturated carbocycles. The number of carbonyl (C=O) groups excluding carboxylic acids is 1. The number of hydrogen-bond donors (Lipinski definition) is 0. The molecule has 0 saturated heterocycles. The molecule has 0 N–H and O–H groups in total. The number of carbonyl (C=O) groups is 1. The van der Waals surface area contributed by atoms with Crippen LogP contribution in [0.2, 0.25) is 0 Å². The highest BCUT2D eigenvalue weighted by molar-refractivity contribution is 5.71. The molecule has 1 rings (SSSR count). The summed E-state index contributed by atoms with van der Waals surface area (Å²) in [5.74, 6) is -0.261. The highest BCUT2D eigenvalue weighted by atomic mass is 16.6. The van der Waals surface area contributed by atoms with Gasteiger partial charge in [0.25, 0.3) is 0 Å². The van der Waals surface area contributed by atoms with Crippen LogP contribution in [0, 0.1) is 5.41 Å². The summed E-state index contributed by atoms with van der Waals surface area (Å²) in [4.78, 5) is 11.7. The van der Waals surface area contributed by atoms with Gasteiger partial charge in [0.15, 0.2) is 0 Å². The van der Waals surface area contributed by atoms with Crippen molar-refractivity contribution in [2.24, 2.45) is 5.41 Å². The van der Waals surface area contributed by atoms with E-state index in [0.717, 1.165) is 38.7 Å². The summed E-state index contributed by atoms with van der Waals surface area (Å²) in [6.07, 6.45) is 5.30. The smallest absolute Gasteiger partial charge is 0.332 e. The molecule has 0 aromatic carbocycles. The van der Waals surface area contributed by atoms with Crippen LogP contribution >= 0.6 is 0 Å². The highest BCUT2D eigenvalue weighted by Crippen LogP contribution is 2.32. The molecular formula is C16H30O4. The fourth-order valence-electron chi connectivity index (χ4n) is 2.25. The molecule has 20 heavy (non-hydrogen) atoms. The van der Waals surface area contributed by atoms with Gasteiger partial charge in [0.2, 0.25) is 0 Å². The second-order valence-corrected chi connectivity index (χ2v) is 6.75. The Morgan fingerprint density at radius 2 is 1.75 bits per heavy atom. The van der Waals surface area contributed by atoms with Gasteiger partial charge < -0.3 is 14.2 Å². The van der Waals surface area contributed by atoms with Crippen molar-refractivity contribution in [2.75, 3.05) is 26.4 Å². The Morgan fingerprint density at radius 3 is 2.35 bits per heavy atom. The molecule has 0 atom stereocenters. The molecule has 4 heteroatoms. The first kappa shape index (κ1) is 17.4. The molecule has 0 heterocycles. The molecule has 1 aliphatic rings. The van der Waals surface area contributed by atoms with Gasteiger partial charge in [-0.1, -0.05) is 20.8 Å². The minimum atomic E-state index is -0.262. The average molecular weight is 286 g/mol. The van der Waals surface area contributed by atoms with Gasteiger partial charge in [-0.2, -0.15) is 0 Å². The third kappa shape index (κ3) is 6.71. The molecule has 0 aromatic rings. The van der Waals surface area contributed by atoms with Crippen LogP contribution in [0.15, 0.2) is 0 Å². The second kappa shape index (κ2) is 7.99. The van der Waals surface area contributed by atoms with Crippen LogP contribution in [-0.2, 0) is 19.0 Å². The van der Waals surface area contributed by atoms with Crippen molar-refractivity contribution in [3.05, 3.63) is 0 Å². The van der Waals surface area contributed by atoms with Gasteiger partial charge in [0, 0.05) is 0 Å². The van der Waals surface area contributed by atoms with E-state index in [2.05, 4.69) is 20.8 Å². The summed E-state index contributed by atoms with van der Waals surface area (Å²) < 4.78 is 16.3. The van der Waals surface area contributed by atoms with Crippen molar-refractivity contribution in [3.8, 4) is 0 Å². The Labute approximate surface area is 123 Å². The first-order valence-electron chi connectivity index (χ1n) is 7.74. The average Bonchev–Trinajstić information content (AvgIpc) is 2.80. The molecular weight excluding hydrogens is 256 g/mol. The molecule has 0 bridgehead atoms. The van der Waals surface area contributed by atoms with E-state index in [0.29, 0.717) is 13.2 Å². The zero-order valence-corrected chi connectivity index (χ0v) is 13.5. The topological polar surface area (TPSA) is 44.8 Å². The first-order chi connectivity index (χ1) is 9.37. The monoisotopic (exact) mass is 286 g/mol. The van der Waals surface area contributed by atoms with Gasteiger partial charge in [-0.05, 0) is 44.4 Å². The van der Waals surface area contributed by atoms with Gasteiger partial charge in [-0.15, -0.1) is 0 Å². The zero-order valence-electron chi connectivity index (χ0n) is 13.5. The standard InChI is InChI=1S/C16H30O4/c1-5-15(2,3)13-19-11-10-18-12-14(17)20-16(4)8-6-7-9-16/h5-13H2,1-4H3. The molecule has 0 aromatic heterocycles. The molecule has 0 spiro atoms. The summed E-state index contributed by atoms with van der Waals surface area (Å²) in [6.45, 7) is 10.2. The van der Waals surface area contributed by atoms with E-state index < -0.39 is 0 Å². The van der Waals surface area contributed by atoms with Gasteiger partial charge >= 0.3 is 5.97 Å². The van der Waals surface area contributed by atoms with Crippen molar-refractivity contribution in [1.82, 2.24) is 0 Å². The summed E-state index contributed by atoms with van der Waals surface area (Å²) in [6, 6.07) is 0. The zero-order chi connectivity index (χ0) is 15.1. The van der Waals surface area contributed by atoms with E-state index in [9.17, 15) is 4.79 Å². The minimum Gasteiger partial charge on any atom is -0.458 e. The van der Waals surface area contributed by atoms with Crippen LogP contribution in [0.4, 0.5) is 0 Å². The Balaban J connectivity index is 2.02. The van der Waals surface area contributed by atoms with Crippen LogP contribution in [0.5, 0.6) is 0 Å². The van der Waals surface area contributed by atoms with Gasteiger partial charge in [-0.25, -0.2) is 4.79 Å². The summed E-state index contributed by atoms with van der Waals surface area (Å²) in [5, 5.41) is 0. The molecule has 0 amide bonds. The SMILES string of the molecule is CCC(C)(C)COCCOCC(=O)OC1(C)CCCC1. The first-order valence-corrected chi connectivity index (χ1v) is 7.74. The normalized spacial score (nSPS) is 18.2. The number of hydrogen-bond acceptors (Lipinski definition) is 4. The maximum Gasteiger partial charge on any atom is 0.332 e. The molecule has 0 radical (unpaired) electrons. The maximum absolute atomic E-state index is 11.7. The van der Waals surface area contributed by atoms with Crippen molar-refractivity contribution in [1.29, 1.82) is 0 Å². The van der Waals surface area contributed by atoms with Crippen LogP contribution in [0.3, 0.4) is 0 Å². The van der Waals surface area contributed by atoms with Crippen molar-refractivity contribution in [3.63, 3.8) is 0 Å². The molecule has 4 nitrogen and oxygen atoms in total. The number of rotatable bonds is 9. The van der Waals surface area contributed by atoms with E-state index in [4.69, 9.17) is 14.2 Å². The maximum atomic E-state index is 11.7. The third-order valence-electron chi connectivity index (χ3n) is 4.06. The van der Waals surface area contributed by atoms with Crippen molar-refractivity contribution < 1.29 is 19.0 Å². The molecule has 118 valence electrons. The largest absolute Gasteiger partial charge is 0.458 e. The molecule has 1 fully saturated rings. The van der Waals surface area contributed by atoms with E-state index in [1.165, 1.54) is 0 Å². The molecule has 0 aliphatic heterocycles. The van der Waals surface area contributed by atoms with Crippen molar-refractivity contribution in [2.45, 2.75) is 65.4 Å². The van der Waals surface area contributed by atoms with E-state index >= 15 is 0 Å². The Bertz CT molecular complexity index is 293. The molecule has 0 unspecified atom stereocenters. The predicted molar refractivity (Wildman–Crippen MR) is 78.7 cm³/mol. The van der Waals surface area contributed by atoms with E-state index in [1.54, 1.807) is 0 Å². The predicted octanol–water partition coefficient (Wildman–Crippen LogP) is 3.33. The van der Waals surface area contributed by atoms with E-state index in [1.807, 2.05) is 6.92 Å². The lowest BCUT2D eigenvalue weighted by Gasteiger charge is -2.24. The van der Waals surface area contributed by atoms with Crippen LogP contribution in [-0.4, -0.2) is 38.0 Å². The van der Waals surface area contributed by atoms with Gasteiger partial charge in [-0.3, -0.25) is 0 Å². The van der Waals surface area contributed by atoms with Crippen LogP contribution in [0.25, 0.3) is 0 Å². The fourth-order valence-corrected chi connectivity index (χ4v) is 2.25. The number of esters is 1. The Kier molecular flexibility index (Phi) is 6.96. The quantitative estimate of drug-likeness (QED) is 0.482. The fraction of sp³-hybridized carbons (Fsp3) is 0.938. The Morgan fingerprint density at radius 1 is 1.15 bits per heavy atom. The Hall–Kier alpha value is -0.610. The second-order valence-electron chi connectivity index (χ2n) is 6.75. The minimum absolute atomic E-state index is 0.0239. The summed E-state index contributed by atoms with van der Waals surface area (Å²) in [7, 11) is 0. The third-order valence-corrected chi connectivity index (χ3v) is 4.06.